The molecule has 89 valence electrons. The van der Waals surface area contributed by atoms with Crippen LogP contribution in [0.25, 0.3) is 0 Å². The average molecular weight is 221 g/mol. The van der Waals surface area contributed by atoms with Crippen molar-refractivity contribution >= 4 is 0 Å². The molecule has 1 rings (SSSR count). The molecule has 16 heavy (non-hydrogen) atoms. The van der Waals surface area contributed by atoms with Gasteiger partial charge in [-0.2, -0.15) is 0 Å². The third-order valence-corrected chi connectivity index (χ3v) is 2.19. The van der Waals surface area contributed by atoms with Crippen LogP contribution in [-0.4, -0.2) is 12.7 Å². The summed E-state index contributed by atoms with van der Waals surface area (Å²) in [6.07, 6.45) is 0.176. The molecule has 0 fully saturated rings. The van der Waals surface area contributed by atoms with Crippen LogP contribution in [0.2, 0.25) is 0 Å². The minimum atomic E-state index is 0.176. The van der Waals surface area contributed by atoms with Crippen LogP contribution in [0.1, 0.15) is 39.2 Å². The maximum Gasteiger partial charge on any atom is 0.123 e. The molecule has 0 bridgehead atoms. The van der Waals surface area contributed by atoms with Gasteiger partial charge in [0.2, 0.25) is 0 Å². The second kappa shape index (κ2) is 5.78. The first-order chi connectivity index (χ1) is 7.54. The van der Waals surface area contributed by atoms with E-state index in [1.54, 1.807) is 0 Å². The first-order valence-electron chi connectivity index (χ1n) is 5.81. The van der Waals surface area contributed by atoms with Crippen LogP contribution in [0.15, 0.2) is 18.2 Å². The molecule has 0 N–H and O–H groups in total. The summed E-state index contributed by atoms with van der Waals surface area (Å²) in [5.74, 6) is 1.97. The maximum absolute atomic E-state index is 5.74. The molecule has 0 saturated carbocycles. The van der Waals surface area contributed by atoms with E-state index in [-0.39, 0.29) is 12.0 Å². The highest BCUT2D eigenvalue weighted by Gasteiger charge is 2.10. The fourth-order valence-electron chi connectivity index (χ4n) is 1.53. The van der Waals surface area contributed by atoms with Crippen molar-refractivity contribution in [3.63, 3.8) is 0 Å². The van der Waals surface area contributed by atoms with E-state index >= 15 is 0 Å². The lowest BCUT2D eigenvalue weighted by molar-refractivity contribution is 0.239. The van der Waals surface area contributed by atoms with Gasteiger partial charge in [0.15, 0.2) is 0 Å². The van der Waals surface area contributed by atoms with E-state index < -0.39 is 0 Å². The highest BCUT2D eigenvalue weighted by molar-refractivity contribution is 5.42. The molecule has 0 saturated heterocycles. The van der Waals surface area contributed by atoms with Crippen molar-refractivity contribution in [1.82, 2.24) is 0 Å². The monoisotopic (exact) mass is 221 g/mol. The molecule has 1 atom stereocenters. The molecule has 1 aromatic carbocycles. The second-order valence-corrected chi connectivity index (χ2v) is 4.20. The van der Waals surface area contributed by atoms with E-state index in [9.17, 15) is 0 Å². The first-order valence-corrected chi connectivity index (χ1v) is 5.81. The Hall–Kier alpha value is -1.18. The number of benzene rings is 1. The van der Waals surface area contributed by atoms with Gasteiger partial charge in [0.25, 0.3) is 0 Å². The largest absolute Gasteiger partial charge is 0.494 e. The van der Waals surface area contributed by atoms with Crippen LogP contribution in [0, 0.1) is 6.92 Å². The van der Waals surface area contributed by atoms with E-state index in [0.717, 1.165) is 17.1 Å². The quantitative estimate of drug-likeness (QED) is 0.752. The number of hydrogen-bond donors (Lipinski definition) is 0. The van der Waals surface area contributed by atoms with Gasteiger partial charge in [0.1, 0.15) is 11.5 Å². The van der Waals surface area contributed by atoms with Gasteiger partial charge in [-0.3, -0.25) is 0 Å². The van der Waals surface area contributed by atoms with Crippen molar-refractivity contribution in [2.75, 3.05) is 6.61 Å². The van der Waals surface area contributed by atoms with Gasteiger partial charge in [-0.05, 0) is 51.8 Å². The van der Waals surface area contributed by atoms with Crippen molar-refractivity contribution in [1.29, 1.82) is 0 Å². The molecule has 0 heterocycles. The molecule has 0 aliphatic heterocycles. The Balaban J connectivity index is 2.99. The van der Waals surface area contributed by atoms with Crippen molar-refractivity contribution in [2.24, 2.45) is 0 Å². The minimum absolute atomic E-state index is 0.176. The molecule has 1 aromatic rings. The SMILES string of the molecule is [CH2]C(C)c1cc(OCC)ccc1OC(C)C. The smallest absolute Gasteiger partial charge is 0.123 e. The van der Waals surface area contributed by atoms with Crippen LogP contribution >= 0.6 is 0 Å². The van der Waals surface area contributed by atoms with E-state index in [1.165, 1.54) is 0 Å². The maximum atomic E-state index is 5.74. The summed E-state index contributed by atoms with van der Waals surface area (Å²) in [5.41, 5.74) is 1.10. The predicted octanol–water partition coefficient (Wildman–Crippen LogP) is 3.81. The summed E-state index contributed by atoms with van der Waals surface area (Å²) in [4.78, 5) is 0. The molecular weight excluding hydrogens is 200 g/mol. The lowest BCUT2D eigenvalue weighted by atomic mass is 10.0. The van der Waals surface area contributed by atoms with Gasteiger partial charge in [-0.15, -0.1) is 0 Å². The summed E-state index contributed by atoms with van der Waals surface area (Å²) in [6, 6.07) is 5.91. The number of hydrogen-bond acceptors (Lipinski definition) is 2. The standard InChI is InChI=1S/C14H21O2/c1-6-15-12-7-8-14(16-11(4)5)13(9-12)10(2)3/h7-11H,2,6H2,1,3-5H3. The summed E-state index contributed by atoms with van der Waals surface area (Å²) in [5, 5.41) is 0. The molecular formula is C14H21O2. The zero-order chi connectivity index (χ0) is 12.1. The van der Waals surface area contributed by atoms with Gasteiger partial charge >= 0.3 is 0 Å². The van der Waals surface area contributed by atoms with Gasteiger partial charge in [-0.1, -0.05) is 6.92 Å². The van der Waals surface area contributed by atoms with Crippen molar-refractivity contribution in [3.05, 3.63) is 30.7 Å². The molecule has 1 unspecified atom stereocenters. The van der Waals surface area contributed by atoms with Gasteiger partial charge < -0.3 is 9.47 Å². The zero-order valence-electron chi connectivity index (χ0n) is 10.6. The molecule has 2 heteroatoms. The van der Waals surface area contributed by atoms with E-state index in [2.05, 4.69) is 13.8 Å². The van der Waals surface area contributed by atoms with Crippen LogP contribution in [0.5, 0.6) is 11.5 Å². The Kier molecular flexibility index (Phi) is 4.66. The first kappa shape index (κ1) is 12.9. The molecule has 1 radical (unpaired) electrons. The Morgan fingerprint density at radius 2 is 1.94 bits per heavy atom. The topological polar surface area (TPSA) is 18.5 Å². The van der Waals surface area contributed by atoms with Crippen molar-refractivity contribution < 1.29 is 9.47 Å². The lowest BCUT2D eigenvalue weighted by Crippen LogP contribution is -2.08. The fraction of sp³-hybridized carbons (Fsp3) is 0.500. The van der Waals surface area contributed by atoms with Crippen molar-refractivity contribution in [3.8, 4) is 11.5 Å². The third-order valence-electron chi connectivity index (χ3n) is 2.19. The van der Waals surface area contributed by atoms with Gasteiger partial charge in [0, 0.05) is 5.56 Å². The Morgan fingerprint density at radius 1 is 1.25 bits per heavy atom. The molecule has 0 aromatic heterocycles. The van der Waals surface area contributed by atoms with Crippen LogP contribution in [0.3, 0.4) is 0 Å². The second-order valence-electron chi connectivity index (χ2n) is 4.20. The highest BCUT2D eigenvalue weighted by atomic mass is 16.5. The third kappa shape index (κ3) is 3.44. The molecule has 0 spiro atoms. The summed E-state index contributed by atoms with van der Waals surface area (Å²) >= 11 is 0. The van der Waals surface area contributed by atoms with E-state index in [4.69, 9.17) is 9.47 Å². The van der Waals surface area contributed by atoms with E-state index in [1.807, 2.05) is 39.0 Å². The van der Waals surface area contributed by atoms with Crippen molar-refractivity contribution in [2.45, 2.75) is 39.7 Å². The summed E-state index contributed by atoms with van der Waals surface area (Å²) in [6.45, 7) is 12.8. The summed E-state index contributed by atoms with van der Waals surface area (Å²) in [7, 11) is 0. The average Bonchev–Trinajstić information content (AvgIpc) is 2.19. The zero-order valence-corrected chi connectivity index (χ0v) is 10.6. The van der Waals surface area contributed by atoms with Gasteiger partial charge in [-0.25, -0.2) is 0 Å². The van der Waals surface area contributed by atoms with Crippen LogP contribution < -0.4 is 9.47 Å². The predicted molar refractivity (Wildman–Crippen MR) is 67.1 cm³/mol. The van der Waals surface area contributed by atoms with Crippen LogP contribution in [-0.2, 0) is 0 Å². The number of rotatable bonds is 5. The fourth-order valence-corrected chi connectivity index (χ4v) is 1.53. The lowest BCUT2D eigenvalue weighted by Gasteiger charge is -2.17. The van der Waals surface area contributed by atoms with Crippen LogP contribution in [0.4, 0.5) is 0 Å². The Labute approximate surface area is 98.6 Å². The summed E-state index contributed by atoms with van der Waals surface area (Å²) < 4.78 is 11.2. The Morgan fingerprint density at radius 3 is 2.44 bits per heavy atom. The Bertz CT molecular complexity index is 330. The molecule has 0 amide bonds. The number of ether oxygens (including phenoxy) is 2. The highest BCUT2D eigenvalue weighted by Crippen LogP contribution is 2.30. The van der Waals surface area contributed by atoms with E-state index in [0.29, 0.717) is 6.61 Å². The molecule has 2 nitrogen and oxygen atoms in total. The van der Waals surface area contributed by atoms with Gasteiger partial charge in [0.05, 0.1) is 12.7 Å². The molecule has 0 aliphatic carbocycles. The normalized spacial score (nSPS) is 10.9. The minimum Gasteiger partial charge on any atom is -0.494 e. The molecule has 0 aliphatic rings.